The number of fused-ring (bicyclic) bond motifs is 1. The summed E-state index contributed by atoms with van der Waals surface area (Å²) in [7, 11) is 0. The van der Waals surface area contributed by atoms with Crippen LogP contribution in [0, 0.1) is 0 Å². The highest BCUT2D eigenvalue weighted by Gasteiger charge is 2.35. The number of hydrogen-bond acceptors (Lipinski definition) is 2. The number of halogens is 1. The number of amides is 1. The van der Waals surface area contributed by atoms with Crippen LogP contribution in [-0.4, -0.2) is 11.7 Å². The Morgan fingerprint density at radius 2 is 1.79 bits per heavy atom. The molecule has 3 rings (SSSR count). The minimum absolute atomic E-state index is 0.404. The van der Waals surface area contributed by atoms with Gasteiger partial charge < -0.3 is 4.90 Å². The SMILES string of the molecule is O=C1C(=O)N(Cc2cccc(Br)c2)c2ccccc21. The van der Waals surface area contributed by atoms with Crippen molar-refractivity contribution in [1.82, 2.24) is 0 Å². The average molecular weight is 316 g/mol. The molecular weight excluding hydrogens is 306 g/mol. The summed E-state index contributed by atoms with van der Waals surface area (Å²) in [6.07, 6.45) is 0. The maximum Gasteiger partial charge on any atom is 0.299 e. The molecule has 1 amide bonds. The van der Waals surface area contributed by atoms with Gasteiger partial charge in [-0.15, -0.1) is 0 Å². The molecule has 0 N–H and O–H groups in total. The highest BCUT2D eigenvalue weighted by molar-refractivity contribution is 9.10. The number of para-hydroxylation sites is 1. The second-order valence-corrected chi connectivity index (χ2v) is 5.28. The first-order chi connectivity index (χ1) is 9.16. The van der Waals surface area contributed by atoms with Gasteiger partial charge in [-0.05, 0) is 29.8 Å². The van der Waals surface area contributed by atoms with E-state index in [0.717, 1.165) is 10.0 Å². The lowest BCUT2D eigenvalue weighted by atomic mass is 10.1. The summed E-state index contributed by atoms with van der Waals surface area (Å²) in [5.74, 6) is -0.883. The van der Waals surface area contributed by atoms with Gasteiger partial charge in [0.25, 0.3) is 11.7 Å². The zero-order valence-corrected chi connectivity index (χ0v) is 11.6. The molecule has 0 aromatic heterocycles. The lowest BCUT2D eigenvalue weighted by Crippen LogP contribution is -2.29. The number of nitrogens with zero attached hydrogens (tertiary/aromatic N) is 1. The largest absolute Gasteiger partial charge is 0.300 e. The van der Waals surface area contributed by atoms with Crippen LogP contribution >= 0.6 is 15.9 Å². The van der Waals surface area contributed by atoms with Crippen LogP contribution in [0.3, 0.4) is 0 Å². The van der Waals surface area contributed by atoms with Gasteiger partial charge in [0, 0.05) is 4.47 Å². The van der Waals surface area contributed by atoms with Crippen LogP contribution in [0.4, 0.5) is 5.69 Å². The summed E-state index contributed by atoms with van der Waals surface area (Å²) in [5.41, 5.74) is 2.16. The number of anilines is 1. The topological polar surface area (TPSA) is 37.4 Å². The fourth-order valence-corrected chi connectivity index (χ4v) is 2.67. The van der Waals surface area contributed by atoms with Crippen LogP contribution in [-0.2, 0) is 11.3 Å². The molecule has 2 aromatic rings. The molecule has 0 spiro atoms. The average Bonchev–Trinajstić information content (AvgIpc) is 2.65. The molecule has 0 aliphatic carbocycles. The molecule has 94 valence electrons. The third kappa shape index (κ3) is 2.08. The summed E-state index contributed by atoms with van der Waals surface area (Å²) in [4.78, 5) is 25.4. The second kappa shape index (κ2) is 4.63. The predicted molar refractivity (Wildman–Crippen MR) is 76.1 cm³/mol. The Bertz CT molecular complexity index is 681. The first kappa shape index (κ1) is 12.1. The normalized spacial score (nSPS) is 13.8. The molecule has 0 saturated carbocycles. The standard InChI is InChI=1S/C15H10BrNO2/c16-11-5-3-4-10(8-11)9-17-13-7-2-1-6-12(13)14(18)15(17)19/h1-8H,9H2. The maximum absolute atomic E-state index is 12.0. The number of hydrogen-bond donors (Lipinski definition) is 0. The lowest BCUT2D eigenvalue weighted by Gasteiger charge is -2.16. The molecular formula is C15H10BrNO2. The number of Topliss-reactive ketones (excluding diaryl/α,β-unsaturated/α-hetero) is 1. The molecule has 0 atom stereocenters. The molecule has 0 radical (unpaired) electrons. The van der Waals surface area contributed by atoms with Gasteiger partial charge in [0.15, 0.2) is 0 Å². The van der Waals surface area contributed by atoms with Gasteiger partial charge in [-0.2, -0.15) is 0 Å². The number of benzene rings is 2. The van der Waals surface area contributed by atoms with E-state index in [-0.39, 0.29) is 0 Å². The van der Waals surface area contributed by atoms with Gasteiger partial charge in [0.05, 0.1) is 17.8 Å². The van der Waals surface area contributed by atoms with E-state index in [4.69, 9.17) is 0 Å². The molecule has 0 fully saturated rings. The Labute approximate surface area is 119 Å². The van der Waals surface area contributed by atoms with Crippen LogP contribution in [0.5, 0.6) is 0 Å². The summed E-state index contributed by atoms with van der Waals surface area (Å²) < 4.78 is 0.955. The highest BCUT2D eigenvalue weighted by Crippen LogP contribution is 2.30. The summed E-state index contributed by atoms with van der Waals surface area (Å²) >= 11 is 3.40. The molecule has 19 heavy (non-hydrogen) atoms. The quantitative estimate of drug-likeness (QED) is 0.798. The molecule has 3 nitrogen and oxygen atoms in total. The molecule has 0 unspecified atom stereocenters. The van der Waals surface area contributed by atoms with Crippen molar-refractivity contribution in [1.29, 1.82) is 0 Å². The van der Waals surface area contributed by atoms with E-state index >= 15 is 0 Å². The van der Waals surface area contributed by atoms with Crippen LogP contribution < -0.4 is 4.90 Å². The third-order valence-corrected chi connectivity index (χ3v) is 3.60. The van der Waals surface area contributed by atoms with E-state index in [1.807, 2.05) is 30.3 Å². The van der Waals surface area contributed by atoms with Gasteiger partial charge in [-0.25, -0.2) is 0 Å². The number of carbonyl (C=O) groups excluding carboxylic acids is 2. The molecule has 0 saturated heterocycles. The van der Waals surface area contributed by atoms with E-state index in [2.05, 4.69) is 15.9 Å². The summed E-state index contributed by atoms with van der Waals surface area (Å²) in [6.45, 7) is 0.404. The van der Waals surface area contributed by atoms with E-state index in [1.165, 1.54) is 4.90 Å². The van der Waals surface area contributed by atoms with Crippen molar-refractivity contribution in [3.05, 3.63) is 64.1 Å². The third-order valence-electron chi connectivity index (χ3n) is 3.11. The molecule has 1 aliphatic rings. The number of carbonyl (C=O) groups is 2. The van der Waals surface area contributed by atoms with E-state index < -0.39 is 11.7 Å². The predicted octanol–water partition coefficient (Wildman–Crippen LogP) is 3.18. The zero-order valence-electron chi connectivity index (χ0n) is 9.97. The van der Waals surface area contributed by atoms with Gasteiger partial charge in [-0.3, -0.25) is 9.59 Å². The first-order valence-electron chi connectivity index (χ1n) is 5.86. The number of ketones is 1. The Kier molecular flexibility index (Phi) is 2.95. The van der Waals surface area contributed by atoms with Crippen molar-refractivity contribution in [2.75, 3.05) is 4.90 Å². The van der Waals surface area contributed by atoms with E-state index in [0.29, 0.717) is 17.8 Å². The van der Waals surface area contributed by atoms with Gasteiger partial charge in [0.2, 0.25) is 0 Å². The lowest BCUT2D eigenvalue weighted by molar-refractivity contribution is -0.114. The fourth-order valence-electron chi connectivity index (χ4n) is 2.22. The van der Waals surface area contributed by atoms with Crippen LogP contribution in [0.25, 0.3) is 0 Å². The monoisotopic (exact) mass is 315 g/mol. The Balaban J connectivity index is 1.98. The van der Waals surface area contributed by atoms with E-state index in [1.54, 1.807) is 18.2 Å². The van der Waals surface area contributed by atoms with Crippen molar-refractivity contribution in [3.8, 4) is 0 Å². The number of rotatable bonds is 2. The van der Waals surface area contributed by atoms with Gasteiger partial charge in [-0.1, -0.05) is 40.2 Å². The van der Waals surface area contributed by atoms with Crippen molar-refractivity contribution < 1.29 is 9.59 Å². The highest BCUT2D eigenvalue weighted by atomic mass is 79.9. The molecule has 0 bridgehead atoms. The van der Waals surface area contributed by atoms with E-state index in [9.17, 15) is 9.59 Å². The van der Waals surface area contributed by atoms with Gasteiger partial charge in [0.1, 0.15) is 0 Å². The van der Waals surface area contributed by atoms with Crippen molar-refractivity contribution in [2.24, 2.45) is 0 Å². The van der Waals surface area contributed by atoms with Crippen LogP contribution in [0.15, 0.2) is 53.0 Å². The molecule has 1 heterocycles. The summed E-state index contributed by atoms with van der Waals surface area (Å²) in [6, 6.07) is 14.8. The zero-order chi connectivity index (χ0) is 13.4. The maximum atomic E-state index is 12.0. The Hall–Kier alpha value is -1.94. The van der Waals surface area contributed by atoms with Crippen molar-refractivity contribution >= 4 is 33.3 Å². The van der Waals surface area contributed by atoms with Crippen LogP contribution in [0.2, 0.25) is 0 Å². The van der Waals surface area contributed by atoms with Gasteiger partial charge >= 0.3 is 0 Å². The second-order valence-electron chi connectivity index (χ2n) is 4.37. The fraction of sp³-hybridized carbons (Fsp3) is 0.0667. The molecule has 2 aromatic carbocycles. The van der Waals surface area contributed by atoms with Crippen molar-refractivity contribution in [3.63, 3.8) is 0 Å². The first-order valence-corrected chi connectivity index (χ1v) is 6.66. The van der Waals surface area contributed by atoms with Crippen molar-refractivity contribution in [2.45, 2.75) is 6.54 Å². The minimum atomic E-state index is -0.457. The minimum Gasteiger partial charge on any atom is -0.300 e. The van der Waals surface area contributed by atoms with Crippen LogP contribution in [0.1, 0.15) is 15.9 Å². The Morgan fingerprint density at radius 1 is 1.00 bits per heavy atom. The molecule has 4 heteroatoms. The molecule has 1 aliphatic heterocycles. The smallest absolute Gasteiger partial charge is 0.299 e. The Morgan fingerprint density at radius 3 is 2.58 bits per heavy atom. The summed E-state index contributed by atoms with van der Waals surface area (Å²) in [5, 5.41) is 0.